The predicted molar refractivity (Wildman–Crippen MR) is 128 cm³/mol. The highest BCUT2D eigenvalue weighted by Crippen LogP contribution is 2.30. The fraction of sp³-hybridized carbons (Fsp3) is 0.333. The largest absolute Gasteiger partial charge is 0.492 e. The van der Waals surface area contributed by atoms with E-state index in [1.807, 2.05) is 19.1 Å². The van der Waals surface area contributed by atoms with Crippen molar-refractivity contribution in [3.05, 3.63) is 66.2 Å². The van der Waals surface area contributed by atoms with Crippen molar-refractivity contribution in [1.29, 1.82) is 0 Å². The maximum atomic E-state index is 12.6. The van der Waals surface area contributed by atoms with Gasteiger partial charge in [-0.05, 0) is 43.3 Å². The summed E-state index contributed by atoms with van der Waals surface area (Å²) in [6, 6.07) is 8.06. The van der Waals surface area contributed by atoms with Crippen molar-refractivity contribution in [2.75, 3.05) is 37.4 Å². The van der Waals surface area contributed by atoms with Crippen molar-refractivity contribution in [1.82, 2.24) is 19.7 Å². The zero-order valence-corrected chi connectivity index (χ0v) is 19.9. The van der Waals surface area contributed by atoms with Crippen molar-refractivity contribution in [2.45, 2.75) is 26.1 Å². The van der Waals surface area contributed by atoms with Crippen LogP contribution in [0.2, 0.25) is 0 Å². The first kappa shape index (κ1) is 26.5. The average Bonchev–Trinajstić information content (AvgIpc) is 3.26. The van der Waals surface area contributed by atoms with Crippen LogP contribution in [0.15, 0.2) is 55.0 Å². The van der Waals surface area contributed by atoms with Crippen LogP contribution in [0.4, 0.5) is 24.5 Å². The Labute approximate surface area is 206 Å². The summed E-state index contributed by atoms with van der Waals surface area (Å²) in [5.41, 5.74) is 1.43. The number of pyridine rings is 1. The highest BCUT2D eigenvalue weighted by molar-refractivity contribution is 5.90. The smallest absolute Gasteiger partial charge is 0.416 e. The maximum absolute atomic E-state index is 12.6. The molecular formula is C24H27F3N6O3. The number of nitrogens with one attached hydrogen (secondary N) is 2. The Hall–Kier alpha value is -4.09. The molecule has 3 aromatic rings. The van der Waals surface area contributed by atoms with Crippen LogP contribution in [0.1, 0.15) is 17.7 Å². The fourth-order valence-electron chi connectivity index (χ4n) is 3.14. The van der Waals surface area contributed by atoms with Crippen LogP contribution in [-0.4, -0.2) is 58.2 Å². The Morgan fingerprint density at radius 3 is 2.61 bits per heavy atom. The Morgan fingerprint density at radius 1 is 1.17 bits per heavy atom. The molecule has 0 aliphatic heterocycles. The van der Waals surface area contributed by atoms with E-state index in [0.29, 0.717) is 12.2 Å². The lowest BCUT2D eigenvalue weighted by Crippen LogP contribution is -2.33. The molecule has 0 unspecified atom stereocenters. The van der Waals surface area contributed by atoms with E-state index in [4.69, 9.17) is 4.74 Å². The molecule has 0 aliphatic rings. The molecule has 0 saturated carbocycles. The first-order chi connectivity index (χ1) is 17.1. The molecule has 2 heterocycles. The number of carbonyl (C=O) groups is 2. The van der Waals surface area contributed by atoms with E-state index in [1.54, 1.807) is 19.4 Å². The SMILES string of the molecule is Cc1ncccc1NCCC(=O)Nc1cnn(CC(=O)N(C)CCOc2ccc(C(F)(F)F)cc2)c1. The summed E-state index contributed by atoms with van der Waals surface area (Å²) in [7, 11) is 1.58. The first-order valence-corrected chi connectivity index (χ1v) is 11.1. The molecule has 0 saturated heterocycles. The third-order valence-corrected chi connectivity index (χ3v) is 5.19. The minimum atomic E-state index is -4.41. The van der Waals surface area contributed by atoms with E-state index in [2.05, 4.69) is 20.7 Å². The van der Waals surface area contributed by atoms with Crippen LogP contribution in [0.3, 0.4) is 0 Å². The molecule has 3 rings (SSSR count). The van der Waals surface area contributed by atoms with Gasteiger partial charge < -0.3 is 20.3 Å². The molecule has 0 radical (unpaired) electrons. The van der Waals surface area contributed by atoms with E-state index >= 15 is 0 Å². The number of aromatic nitrogens is 3. The molecule has 2 amide bonds. The number of carbonyl (C=O) groups excluding carboxylic acids is 2. The Bertz CT molecular complexity index is 1160. The van der Waals surface area contributed by atoms with Crippen LogP contribution >= 0.6 is 0 Å². The number of hydrogen-bond donors (Lipinski definition) is 2. The molecule has 1 aromatic carbocycles. The lowest BCUT2D eigenvalue weighted by Gasteiger charge is -2.17. The van der Waals surface area contributed by atoms with Crippen LogP contribution in [0, 0.1) is 6.92 Å². The highest BCUT2D eigenvalue weighted by Gasteiger charge is 2.30. The number of hydrogen-bond acceptors (Lipinski definition) is 6. The molecule has 0 bridgehead atoms. The van der Waals surface area contributed by atoms with Gasteiger partial charge in [0.2, 0.25) is 11.8 Å². The second kappa shape index (κ2) is 12.0. The number of anilines is 2. The second-order valence-corrected chi connectivity index (χ2v) is 7.97. The maximum Gasteiger partial charge on any atom is 0.416 e. The quantitative estimate of drug-likeness (QED) is 0.414. The molecule has 192 valence electrons. The normalized spacial score (nSPS) is 11.1. The first-order valence-electron chi connectivity index (χ1n) is 11.1. The lowest BCUT2D eigenvalue weighted by molar-refractivity contribution is -0.137. The number of benzene rings is 1. The summed E-state index contributed by atoms with van der Waals surface area (Å²) in [4.78, 5) is 30.2. The number of rotatable bonds is 11. The van der Waals surface area contributed by atoms with Gasteiger partial charge in [0.05, 0.1) is 35.4 Å². The lowest BCUT2D eigenvalue weighted by atomic mass is 10.2. The fourth-order valence-corrected chi connectivity index (χ4v) is 3.14. The number of alkyl halides is 3. The molecule has 12 heteroatoms. The summed E-state index contributed by atoms with van der Waals surface area (Å²) in [5, 5.41) is 9.99. The molecule has 2 aromatic heterocycles. The molecule has 36 heavy (non-hydrogen) atoms. The topological polar surface area (TPSA) is 101 Å². The Morgan fingerprint density at radius 2 is 1.92 bits per heavy atom. The van der Waals surface area contributed by atoms with E-state index < -0.39 is 11.7 Å². The number of halogens is 3. The van der Waals surface area contributed by atoms with E-state index in [1.165, 1.54) is 27.9 Å². The van der Waals surface area contributed by atoms with Crippen LogP contribution < -0.4 is 15.4 Å². The minimum absolute atomic E-state index is 0.0471. The van der Waals surface area contributed by atoms with Crippen molar-refractivity contribution in [3.63, 3.8) is 0 Å². The van der Waals surface area contributed by atoms with Gasteiger partial charge in [-0.2, -0.15) is 18.3 Å². The molecule has 0 spiro atoms. The van der Waals surface area contributed by atoms with Gasteiger partial charge in [0.25, 0.3) is 0 Å². The van der Waals surface area contributed by atoms with Crippen molar-refractivity contribution in [2.24, 2.45) is 0 Å². The zero-order chi connectivity index (χ0) is 26.1. The van der Waals surface area contributed by atoms with Crippen molar-refractivity contribution < 1.29 is 27.5 Å². The monoisotopic (exact) mass is 504 g/mol. The highest BCUT2D eigenvalue weighted by atomic mass is 19.4. The number of nitrogens with zero attached hydrogens (tertiary/aromatic N) is 4. The second-order valence-electron chi connectivity index (χ2n) is 7.97. The summed E-state index contributed by atoms with van der Waals surface area (Å²) in [6.45, 7) is 2.61. The van der Waals surface area contributed by atoms with Gasteiger partial charge >= 0.3 is 6.18 Å². The molecule has 2 N–H and O–H groups in total. The number of amides is 2. The van der Waals surface area contributed by atoms with Gasteiger partial charge in [-0.1, -0.05) is 0 Å². The predicted octanol–water partition coefficient (Wildman–Crippen LogP) is 3.58. The van der Waals surface area contributed by atoms with Gasteiger partial charge in [-0.3, -0.25) is 19.3 Å². The molecule has 0 aliphatic carbocycles. The Balaban J connectivity index is 1.37. The van der Waals surface area contributed by atoms with Gasteiger partial charge in [0.1, 0.15) is 18.9 Å². The third-order valence-electron chi connectivity index (χ3n) is 5.19. The summed E-state index contributed by atoms with van der Waals surface area (Å²) in [6.07, 6.45) is 0.542. The van der Waals surface area contributed by atoms with E-state index in [9.17, 15) is 22.8 Å². The van der Waals surface area contributed by atoms with Gasteiger partial charge in [-0.15, -0.1) is 0 Å². The summed E-state index contributed by atoms with van der Waals surface area (Å²) < 4.78 is 44.7. The number of aryl methyl sites for hydroxylation is 1. The van der Waals surface area contributed by atoms with Gasteiger partial charge in [-0.25, -0.2) is 0 Å². The average molecular weight is 505 g/mol. The van der Waals surface area contributed by atoms with Crippen molar-refractivity contribution in [3.8, 4) is 5.75 Å². The van der Waals surface area contributed by atoms with Crippen molar-refractivity contribution >= 4 is 23.2 Å². The van der Waals surface area contributed by atoms with Crippen LogP contribution in [-0.2, 0) is 22.3 Å². The summed E-state index contributed by atoms with van der Waals surface area (Å²) in [5.74, 6) is -0.169. The molecule has 0 fully saturated rings. The van der Waals surface area contributed by atoms with E-state index in [-0.39, 0.29) is 43.7 Å². The van der Waals surface area contributed by atoms with Gasteiger partial charge in [0.15, 0.2) is 0 Å². The number of likely N-dealkylation sites (N-methyl/N-ethyl adjacent to an activating group) is 1. The van der Waals surface area contributed by atoms with Crippen LogP contribution in [0.25, 0.3) is 0 Å². The van der Waals surface area contributed by atoms with Gasteiger partial charge in [0, 0.05) is 32.4 Å². The number of ether oxygens (including phenoxy) is 1. The molecule has 0 atom stereocenters. The third kappa shape index (κ3) is 8.00. The standard InChI is InChI=1S/C24H27F3N6O3/c1-17-21(4-3-10-28-17)29-11-9-22(34)31-19-14-30-33(15-19)16-23(35)32(2)12-13-36-20-7-5-18(6-8-20)24(25,26)27/h3-8,10,14-15,29H,9,11-13,16H2,1-2H3,(H,31,34). The zero-order valence-electron chi connectivity index (χ0n) is 19.9. The minimum Gasteiger partial charge on any atom is -0.492 e. The Kier molecular flexibility index (Phi) is 8.87. The van der Waals surface area contributed by atoms with E-state index in [0.717, 1.165) is 23.5 Å². The summed E-state index contributed by atoms with van der Waals surface area (Å²) >= 11 is 0. The molecular weight excluding hydrogens is 477 g/mol. The molecule has 9 nitrogen and oxygen atoms in total. The van der Waals surface area contributed by atoms with Crippen LogP contribution in [0.5, 0.6) is 5.75 Å².